The van der Waals surface area contributed by atoms with Crippen molar-refractivity contribution in [2.24, 2.45) is 0 Å². The van der Waals surface area contributed by atoms with Crippen LogP contribution in [0.3, 0.4) is 0 Å². The number of rotatable bonds is 5. The number of anilines is 1. The Bertz CT molecular complexity index is 814. The van der Waals surface area contributed by atoms with E-state index in [1.807, 2.05) is 18.2 Å². The fourth-order valence-corrected chi connectivity index (χ4v) is 4.05. The van der Waals surface area contributed by atoms with Crippen molar-refractivity contribution in [2.45, 2.75) is 64.0 Å². The molecule has 1 atom stereocenters. The molecule has 1 aromatic heterocycles. The van der Waals surface area contributed by atoms with E-state index in [2.05, 4.69) is 20.1 Å². The summed E-state index contributed by atoms with van der Waals surface area (Å²) in [6.45, 7) is 1.72. The fraction of sp³-hybridized carbons (Fsp3) is 0.550. The maximum absolute atomic E-state index is 12.3. The summed E-state index contributed by atoms with van der Waals surface area (Å²) in [6, 6.07) is 5.54. The highest BCUT2D eigenvalue weighted by molar-refractivity contribution is 6.33. The summed E-state index contributed by atoms with van der Waals surface area (Å²) in [6.07, 6.45) is 8.02. The Labute approximate surface area is 164 Å². The zero-order valence-corrected chi connectivity index (χ0v) is 16.2. The molecule has 4 rings (SSSR count). The van der Waals surface area contributed by atoms with Gasteiger partial charge in [0.05, 0.1) is 11.1 Å². The van der Waals surface area contributed by atoms with Gasteiger partial charge in [0, 0.05) is 37.2 Å². The second-order valence-corrected chi connectivity index (χ2v) is 7.73. The Balaban J connectivity index is 1.48. The Hall–Kier alpha value is -1.92. The molecule has 0 aliphatic carbocycles. The van der Waals surface area contributed by atoms with Gasteiger partial charge in [-0.1, -0.05) is 18.0 Å². The van der Waals surface area contributed by atoms with Gasteiger partial charge in [0.15, 0.2) is 5.82 Å². The molecule has 0 saturated carbocycles. The standard InChI is InChI=1S/C20H25ClN4O2/c21-17-9-7-14(22-19(26)10-8-15-5-4-12-27-15)13-16(17)20-24-23-18-6-2-1-3-11-25(18)20/h7,9,13,15H,1-6,8,10-12H2,(H,22,26)/t15-/m1/s1. The van der Waals surface area contributed by atoms with Gasteiger partial charge >= 0.3 is 0 Å². The first-order chi connectivity index (χ1) is 13.2. The number of nitrogens with zero attached hydrogens (tertiary/aromatic N) is 3. The number of hydrogen-bond acceptors (Lipinski definition) is 4. The number of carbonyl (C=O) groups is 1. The Morgan fingerprint density at radius 1 is 1.26 bits per heavy atom. The van der Waals surface area contributed by atoms with Crippen molar-refractivity contribution >= 4 is 23.2 Å². The van der Waals surface area contributed by atoms with Crippen LogP contribution in [-0.4, -0.2) is 33.4 Å². The summed E-state index contributed by atoms with van der Waals surface area (Å²) < 4.78 is 7.75. The molecule has 1 saturated heterocycles. The first kappa shape index (κ1) is 18.4. The van der Waals surface area contributed by atoms with Gasteiger partial charge < -0.3 is 14.6 Å². The van der Waals surface area contributed by atoms with E-state index in [0.29, 0.717) is 11.4 Å². The normalized spacial score (nSPS) is 19.5. The topological polar surface area (TPSA) is 69.0 Å². The largest absolute Gasteiger partial charge is 0.378 e. The molecule has 0 radical (unpaired) electrons. The molecular weight excluding hydrogens is 364 g/mol. The van der Waals surface area contributed by atoms with E-state index in [1.165, 1.54) is 6.42 Å². The molecule has 1 N–H and O–H groups in total. The van der Waals surface area contributed by atoms with Crippen molar-refractivity contribution in [3.05, 3.63) is 29.0 Å². The van der Waals surface area contributed by atoms with Gasteiger partial charge in [0.1, 0.15) is 5.82 Å². The number of fused-ring (bicyclic) bond motifs is 1. The molecule has 1 fully saturated rings. The minimum Gasteiger partial charge on any atom is -0.378 e. The zero-order valence-electron chi connectivity index (χ0n) is 15.4. The maximum Gasteiger partial charge on any atom is 0.224 e. The van der Waals surface area contributed by atoms with Gasteiger partial charge in [0.25, 0.3) is 0 Å². The third-order valence-corrected chi connectivity index (χ3v) is 5.65. The molecule has 1 amide bonds. The van der Waals surface area contributed by atoms with Crippen LogP contribution in [0, 0.1) is 0 Å². The summed E-state index contributed by atoms with van der Waals surface area (Å²) >= 11 is 6.44. The lowest BCUT2D eigenvalue weighted by molar-refractivity contribution is -0.116. The lowest BCUT2D eigenvalue weighted by Gasteiger charge is -2.12. The van der Waals surface area contributed by atoms with Crippen LogP contribution in [0.2, 0.25) is 5.02 Å². The van der Waals surface area contributed by atoms with Crippen LogP contribution < -0.4 is 5.32 Å². The molecule has 2 aromatic rings. The van der Waals surface area contributed by atoms with Crippen LogP contribution in [-0.2, 0) is 22.5 Å². The highest BCUT2D eigenvalue weighted by atomic mass is 35.5. The van der Waals surface area contributed by atoms with E-state index in [-0.39, 0.29) is 12.0 Å². The summed E-state index contributed by atoms with van der Waals surface area (Å²) in [5.41, 5.74) is 1.55. The molecule has 3 heterocycles. The predicted octanol–water partition coefficient (Wildman–Crippen LogP) is 4.22. The van der Waals surface area contributed by atoms with Crippen molar-refractivity contribution in [3.63, 3.8) is 0 Å². The molecule has 0 spiro atoms. The van der Waals surface area contributed by atoms with Crippen LogP contribution >= 0.6 is 11.6 Å². The lowest BCUT2D eigenvalue weighted by atomic mass is 10.1. The summed E-state index contributed by atoms with van der Waals surface area (Å²) in [4.78, 5) is 12.3. The third-order valence-electron chi connectivity index (χ3n) is 5.32. The van der Waals surface area contributed by atoms with E-state index >= 15 is 0 Å². The predicted molar refractivity (Wildman–Crippen MR) is 105 cm³/mol. The first-order valence-electron chi connectivity index (χ1n) is 9.84. The van der Waals surface area contributed by atoms with Crippen molar-refractivity contribution < 1.29 is 9.53 Å². The summed E-state index contributed by atoms with van der Waals surface area (Å²) in [5.74, 6) is 1.80. The fourth-order valence-electron chi connectivity index (χ4n) is 3.85. The van der Waals surface area contributed by atoms with Crippen molar-refractivity contribution in [3.8, 4) is 11.4 Å². The van der Waals surface area contributed by atoms with Gasteiger partial charge in [0.2, 0.25) is 5.91 Å². The average Bonchev–Trinajstić information content (AvgIpc) is 3.27. The number of amides is 1. The van der Waals surface area contributed by atoms with Crippen LogP contribution in [0.1, 0.15) is 50.8 Å². The number of ether oxygens (including phenoxy) is 1. The van der Waals surface area contributed by atoms with E-state index in [1.54, 1.807) is 0 Å². The van der Waals surface area contributed by atoms with Gasteiger partial charge in [-0.15, -0.1) is 10.2 Å². The number of hydrogen-bond donors (Lipinski definition) is 1. The molecule has 7 heteroatoms. The second kappa shape index (κ2) is 8.40. The van der Waals surface area contributed by atoms with Crippen LogP contribution in [0.15, 0.2) is 18.2 Å². The highest BCUT2D eigenvalue weighted by Gasteiger charge is 2.19. The Morgan fingerprint density at radius 3 is 3.04 bits per heavy atom. The quantitative estimate of drug-likeness (QED) is 0.832. The van der Waals surface area contributed by atoms with Gasteiger partial charge in [-0.2, -0.15) is 0 Å². The minimum absolute atomic E-state index is 0.00107. The maximum atomic E-state index is 12.3. The number of carbonyl (C=O) groups excluding carboxylic acids is 1. The van der Waals surface area contributed by atoms with Crippen LogP contribution in [0.4, 0.5) is 5.69 Å². The van der Waals surface area contributed by atoms with E-state index in [4.69, 9.17) is 16.3 Å². The SMILES string of the molecule is O=C(CC[C@H]1CCCO1)Nc1ccc(Cl)c(-c2nnc3n2CCCCC3)c1. The molecular formula is C20H25ClN4O2. The first-order valence-corrected chi connectivity index (χ1v) is 10.2. The number of aromatic nitrogens is 3. The van der Waals surface area contributed by atoms with Crippen molar-refractivity contribution in [2.75, 3.05) is 11.9 Å². The van der Waals surface area contributed by atoms with Crippen molar-refractivity contribution in [1.82, 2.24) is 14.8 Å². The Kier molecular flexibility index (Phi) is 5.74. The van der Waals surface area contributed by atoms with Gasteiger partial charge in [-0.05, 0) is 50.3 Å². The molecule has 6 nitrogen and oxygen atoms in total. The second-order valence-electron chi connectivity index (χ2n) is 7.32. The van der Waals surface area contributed by atoms with Gasteiger partial charge in [-0.3, -0.25) is 4.79 Å². The third kappa shape index (κ3) is 4.33. The highest BCUT2D eigenvalue weighted by Crippen LogP contribution is 2.31. The van der Waals surface area contributed by atoms with Crippen LogP contribution in [0.25, 0.3) is 11.4 Å². The molecule has 0 unspecified atom stereocenters. The summed E-state index contributed by atoms with van der Waals surface area (Å²) in [7, 11) is 0. The molecule has 1 aromatic carbocycles. The molecule has 2 aliphatic heterocycles. The lowest BCUT2D eigenvalue weighted by Crippen LogP contribution is -2.15. The smallest absolute Gasteiger partial charge is 0.224 e. The number of aryl methyl sites for hydroxylation is 1. The molecule has 27 heavy (non-hydrogen) atoms. The molecule has 2 aliphatic rings. The monoisotopic (exact) mass is 388 g/mol. The van der Waals surface area contributed by atoms with Gasteiger partial charge in [-0.25, -0.2) is 0 Å². The average molecular weight is 389 g/mol. The number of nitrogens with one attached hydrogen (secondary N) is 1. The van der Waals surface area contributed by atoms with E-state index < -0.39 is 0 Å². The van der Waals surface area contributed by atoms with E-state index in [0.717, 1.165) is 74.6 Å². The minimum atomic E-state index is -0.00107. The summed E-state index contributed by atoms with van der Waals surface area (Å²) in [5, 5.41) is 12.3. The van der Waals surface area contributed by atoms with E-state index in [9.17, 15) is 4.79 Å². The molecule has 0 bridgehead atoms. The van der Waals surface area contributed by atoms with Crippen molar-refractivity contribution in [1.29, 1.82) is 0 Å². The van der Waals surface area contributed by atoms with Crippen LogP contribution in [0.5, 0.6) is 0 Å². The molecule has 144 valence electrons. The number of halogens is 1. The Morgan fingerprint density at radius 2 is 2.19 bits per heavy atom. The number of benzene rings is 1. The zero-order chi connectivity index (χ0) is 18.6.